The first-order chi connectivity index (χ1) is 10.4. The fourth-order valence-electron chi connectivity index (χ4n) is 2.55. The van der Waals surface area contributed by atoms with Crippen LogP contribution in [0.4, 0.5) is 5.13 Å². The van der Waals surface area contributed by atoms with Crippen LogP contribution in [-0.2, 0) is 16.0 Å². The lowest BCUT2D eigenvalue weighted by atomic mass is 10.1. The van der Waals surface area contributed by atoms with E-state index >= 15 is 0 Å². The van der Waals surface area contributed by atoms with E-state index in [0.717, 1.165) is 10.6 Å². The average Bonchev–Trinajstić information content (AvgIpc) is 2.76. The number of anilines is 1. The third kappa shape index (κ3) is 4.19. The minimum absolute atomic E-state index is 0.0858. The number of carbonyl (C=O) groups excluding carboxylic acids is 2. The second kappa shape index (κ2) is 7.09. The Balaban J connectivity index is 1.85. The third-order valence-electron chi connectivity index (χ3n) is 3.79. The Hall–Kier alpha value is -1.63. The van der Waals surface area contributed by atoms with Crippen LogP contribution in [0.15, 0.2) is 0 Å². The molecule has 2 rings (SSSR count). The monoisotopic (exact) mass is 324 g/mol. The van der Waals surface area contributed by atoms with E-state index in [9.17, 15) is 9.59 Å². The third-order valence-corrected chi connectivity index (χ3v) is 4.78. The van der Waals surface area contributed by atoms with E-state index in [-0.39, 0.29) is 11.8 Å². The molecule has 0 aromatic carbocycles. The fourth-order valence-corrected chi connectivity index (χ4v) is 3.37. The Labute approximate surface area is 135 Å². The summed E-state index contributed by atoms with van der Waals surface area (Å²) < 4.78 is 0. The van der Waals surface area contributed by atoms with Crippen molar-refractivity contribution < 1.29 is 9.59 Å². The number of aryl methyl sites for hydroxylation is 1. The van der Waals surface area contributed by atoms with Crippen molar-refractivity contribution in [1.29, 1.82) is 0 Å². The van der Waals surface area contributed by atoms with E-state index in [4.69, 9.17) is 5.73 Å². The maximum atomic E-state index is 12.3. The van der Waals surface area contributed by atoms with Crippen LogP contribution in [0.3, 0.4) is 0 Å². The van der Waals surface area contributed by atoms with Gasteiger partial charge in [-0.3, -0.25) is 9.59 Å². The summed E-state index contributed by atoms with van der Waals surface area (Å²) in [6.07, 6.45) is 0.925. The molecule has 0 bridgehead atoms. The summed E-state index contributed by atoms with van der Waals surface area (Å²) in [5.41, 5.74) is 6.50. The van der Waals surface area contributed by atoms with Crippen LogP contribution in [-0.4, -0.2) is 52.8 Å². The molecule has 0 saturated carbocycles. The topological polar surface area (TPSA) is 79.5 Å². The van der Waals surface area contributed by atoms with E-state index in [2.05, 4.69) is 4.98 Å². The van der Waals surface area contributed by atoms with Crippen molar-refractivity contribution in [3.8, 4) is 0 Å². The molecule has 1 saturated heterocycles. The highest BCUT2D eigenvalue weighted by Gasteiger charge is 2.25. The molecular weight excluding hydrogens is 300 g/mol. The zero-order chi connectivity index (χ0) is 16.3. The lowest BCUT2D eigenvalue weighted by Crippen LogP contribution is -2.51. The number of amides is 2. The summed E-state index contributed by atoms with van der Waals surface area (Å²) in [5, 5.41) is 0.504. The molecule has 0 unspecified atom stereocenters. The van der Waals surface area contributed by atoms with E-state index in [1.165, 1.54) is 11.3 Å². The number of carbonyl (C=O) groups is 2. The van der Waals surface area contributed by atoms with Crippen molar-refractivity contribution in [2.24, 2.45) is 5.92 Å². The van der Waals surface area contributed by atoms with Crippen LogP contribution in [0, 0.1) is 12.8 Å². The van der Waals surface area contributed by atoms with Gasteiger partial charge in [0.1, 0.15) is 0 Å². The second-order valence-corrected chi connectivity index (χ2v) is 7.21. The van der Waals surface area contributed by atoms with Gasteiger partial charge in [0.15, 0.2) is 5.13 Å². The Morgan fingerprint density at radius 1 is 1.18 bits per heavy atom. The Morgan fingerprint density at radius 2 is 1.73 bits per heavy atom. The molecule has 2 amide bonds. The number of hydrogen-bond donors (Lipinski definition) is 1. The van der Waals surface area contributed by atoms with Crippen molar-refractivity contribution >= 4 is 28.3 Å². The van der Waals surface area contributed by atoms with Crippen molar-refractivity contribution in [1.82, 2.24) is 14.8 Å². The molecule has 0 radical (unpaired) electrons. The van der Waals surface area contributed by atoms with Gasteiger partial charge in [-0.15, -0.1) is 11.3 Å². The minimum atomic E-state index is 0.0858. The van der Waals surface area contributed by atoms with Crippen LogP contribution in [0.25, 0.3) is 0 Å². The van der Waals surface area contributed by atoms with E-state index in [0.29, 0.717) is 50.1 Å². The van der Waals surface area contributed by atoms with Gasteiger partial charge in [0.05, 0.1) is 12.1 Å². The van der Waals surface area contributed by atoms with Gasteiger partial charge in [-0.2, -0.15) is 0 Å². The molecule has 0 atom stereocenters. The molecule has 2 heterocycles. The van der Waals surface area contributed by atoms with Gasteiger partial charge in [-0.1, -0.05) is 13.8 Å². The van der Waals surface area contributed by atoms with Crippen LogP contribution >= 0.6 is 11.3 Å². The molecule has 7 heteroatoms. The summed E-state index contributed by atoms with van der Waals surface area (Å²) in [7, 11) is 0. The highest BCUT2D eigenvalue weighted by atomic mass is 32.1. The van der Waals surface area contributed by atoms with Gasteiger partial charge >= 0.3 is 0 Å². The van der Waals surface area contributed by atoms with Crippen LogP contribution in [0.1, 0.15) is 30.8 Å². The highest BCUT2D eigenvalue weighted by Crippen LogP contribution is 2.21. The number of rotatable bonds is 4. The van der Waals surface area contributed by atoms with Gasteiger partial charge in [0, 0.05) is 37.5 Å². The quantitative estimate of drug-likeness (QED) is 0.905. The largest absolute Gasteiger partial charge is 0.375 e. The van der Waals surface area contributed by atoms with Crippen molar-refractivity contribution in [2.75, 3.05) is 31.9 Å². The lowest BCUT2D eigenvalue weighted by molar-refractivity contribution is -0.139. The Kier molecular flexibility index (Phi) is 5.39. The van der Waals surface area contributed by atoms with E-state index < -0.39 is 0 Å². The first-order valence-electron chi connectivity index (χ1n) is 7.64. The molecule has 22 heavy (non-hydrogen) atoms. The van der Waals surface area contributed by atoms with Crippen LogP contribution in [0.5, 0.6) is 0 Å². The van der Waals surface area contributed by atoms with Crippen molar-refractivity contribution in [3.63, 3.8) is 0 Å². The van der Waals surface area contributed by atoms with Crippen LogP contribution in [0.2, 0.25) is 0 Å². The van der Waals surface area contributed by atoms with E-state index in [1.807, 2.05) is 30.6 Å². The highest BCUT2D eigenvalue weighted by molar-refractivity contribution is 7.15. The number of nitrogens with zero attached hydrogens (tertiary/aromatic N) is 3. The number of thiazole rings is 1. The van der Waals surface area contributed by atoms with Crippen LogP contribution < -0.4 is 5.73 Å². The Bertz CT molecular complexity index is 548. The number of nitrogen functional groups attached to an aromatic ring is 1. The van der Waals surface area contributed by atoms with Gasteiger partial charge in [-0.25, -0.2) is 4.98 Å². The molecule has 1 aliphatic heterocycles. The molecule has 1 fully saturated rings. The number of nitrogens with two attached hydrogens (primary N) is 1. The maximum Gasteiger partial charge on any atom is 0.228 e. The molecule has 1 aromatic heterocycles. The smallest absolute Gasteiger partial charge is 0.228 e. The van der Waals surface area contributed by atoms with E-state index in [1.54, 1.807) is 0 Å². The summed E-state index contributed by atoms with van der Waals surface area (Å²) in [4.78, 5) is 33.1. The van der Waals surface area contributed by atoms with Gasteiger partial charge < -0.3 is 15.5 Å². The summed E-state index contributed by atoms with van der Waals surface area (Å²) >= 11 is 1.37. The standard InChI is InChI=1S/C15H24N4O2S/c1-10(2)8-13(20)18-4-6-19(7-5-18)14(21)9-12-11(3)17-15(16)22-12/h10H,4-9H2,1-3H3,(H2,16,17). The predicted molar refractivity (Wildman–Crippen MR) is 87.6 cm³/mol. The number of hydrogen-bond acceptors (Lipinski definition) is 5. The predicted octanol–water partition coefficient (Wildman–Crippen LogP) is 1.29. The molecule has 0 spiro atoms. The second-order valence-electron chi connectivity index (χ2n) is 6.10. The molecule has 1 aromatic rings. The Morgan fingerprint density at radius 3 is 2.18 bits per heavy atom. The van der Waals surface area contributed by atoms with Gasteiger partial charge in [0.25, 0.3) is 0 Å². The average molecular weight is 324 g/mol. The molecule has 2 N–H and O–H groups in total. The summed E-state index contributed by atoms with van der Waals surface area (Å²) in [5.74, 6) is 0.641. The number of aromatic nitrogens is 1. The van der Waals surface area contributed by atoms with Gasteiger partial charge in [-0.05, 0) is 12.8 Å². The molecular formula is C15H24N4O2S. The molecule has 1 aliphatic rings. The molecule has 0 aliphatic carbocycles. The van der Waals surface area contributed by atoms with Crippen molar-refractivity contribution in [3.05, 3.63) is 10.6 Å². The van der Waals surface area contributed by atoms with Crippen molar-refractivity contribution in [2.45, 2.75) is 33.6 Å². The number of piperazine rings is 1. The zero-order valence-corrected chi connectivity index (χ0v) is 14.3. The van der Waals surface area contributed by atoms with Gasteiger partial charge in [0.2, 0.25) is 11.8 Å². The normalized spacial score (nSPS) is 15.5. The summed E-state index contributed by atoms with van der Waals surface area (Å²) in [6.45, 7) is 8.42. The summed E-state index contributed by atoms with van der Waals surface area (Å²) in [6, 6.07) is 0. The fraction of sp³-hybridized carbons (Fsp3) is 0.667. The maximum absolute atomic E-state index is 12.3. The zero-order valence-electron chi connectivity index (χ0n) is 13.5. The lowest BCUT2D eigenvalue weighted by Gasteiger charge is -2.35. The molecule has 6 nitrogen and oxygen atoms in total. The first kappa shape index (κ1) is 16.7. The SMILES string of the molecule is Cc1nc(N)sc1CC(=O)N1CCN(C(=O)CC(C)C)CC1. The minimum Gasteiger partial charge on any atom is -0.375 e. The first-order valence-corrected chi connectivity index (χ1v) is 8.45. The molecule has 122 valence electrons.